The first-order valence-corrected chi connectivity index (χ1v) is 8.17. The van der Waals surface area contributed by atoms with Crippen molar-refractivity contribution in [2.45, 2.75) is 26.8 Å². The summed E-state index contributed by atoms with van der Waals surface area (Å²) in [7, 11) is 0. The van der Waals surface area contributed by atoms with Gasteiger partial charge in [-0.25, -0.2) is 14.4 Å². The Morgan fingerprint density at radius 1 is 1.32 bits per heavy atom. The normalized spacial score (nSPS) is 11.5. The molecule has 0 aliphatic rings. The predicted octanol–water partition coefficient (Wildman–Crippen LogP) is 2.89. The average molecular weight is 320 g/mol. The van der Waals surface area contributed by atoms with Gasteiger partial charge in [0.1, 0.15) is 10.8 Å². The molecule has 0 spiro atoms. The molecule has 0 atom stereocenters. The predicted molar refractivity (Wildman–Crippen MR) is 89.8 cm³/mol. The van der Waals surface area contributed by atoms with Crippen molar-refractivity contribution in [1.29, 1.82) is 0 Å². The number of aromatic nitrogens is 1. The topological polar surface area (TPSA) is 49.3 Å². The minimum atomic E-state index is -0.162. The van der Waals surface area contributed by atoms with Crippen LogP contribution in [0.25, 0.3) is 0 Å². The number of benzene rings is 1. The number of aryl methyl sites for hydroxylation is 1. The molecule has 0 aliphatic heterocycles. The summed E-state index contributed by atoms with van der Waals surface area (Å²) in [6, 6.07) is 6.84. The SMILES string of the molecule is CCNC(=NCc1ncc(C)s1)NCCc1ccccc1F. The van der Waals surface area contributed by atoms with Crippen molar-refractivity contribution in [3.8, 4) is 0 Å². The van der Waals surface area contributed by atoms with Crippen molar-refractivity contribution >= 4 is 17.3 Å². The van der Waals surface area contributed by atoms with E-state index in [9.17, 15) is 4.39 Å². The molecular weight excluding hydrogens is 299 g/mol. The molecule has 2 N–H and O–H groups in total. The fourth-order valence-corrected chi connectivity index (χ4v) is 2.69. The molecule has 2 rings (SSSR count). The molecule has 0 unspecified atom stereocenters. The zero-order chi connectivity index (χ0) is 15.8. The smallest absolute Gasteiger partial charge is 0.191 e. The Bertz CT molecular complexity index is 624. The van der Waals surface area contributed by atoms with E-state index < -0.39 is 0 Å². The summed E-state index contributed by atoms with van der Waals surface area (Å²) in [4.78, 5) is 9.98. The third-order valence-corrected chi connectivity index (χ3v) is 3.93. The highest BCUT2D eigenvalue weighted by Crippen LogP contribution is 2.11. The van der Waals surface area contributed by atoms with Crippen molar-refractivity contribution in [2.75, 3.05) is 13.1 Å². The van der Waals surface area contributed by atoms with Gasteiger partial charge >= 0.3 is 0 Å². The fourth-order valence-electron chi connectivity index (χ4n) is 1.98. The van der Waals surface area contributed by atoms with Crippen molar-refractivity contribution in [3.05, 3.63) is 51.7 Å². The van der Waals surface area contributed by atoms with E-state index in [4.69, 9.17) is 0 Å². The Balaban J connectivity index is 1.87. The van der Waals surface area contributed by atoms with E-state index in [0.717, 1.165) is 17.5 Å². The highest BCUT2D eigenvalue weighted by molar-refractivity contribution is 7.11. The third-order valence-electron chi connectivity index (χ3n) is 3.03. The van der Waals surface area contributed by atoms with Gasteiger partial charge < -0.3 is 10.6 Å². The quantitative estimate of drug-likeness (QED) is 0.635. The summed E-state index contributed by atoms with van der Waals surface area (Å²) >= 11 is 1.65. The van der Waals surface area contributed by atoms with Crippen LogP contribution in [-0.2, 0) is 13.0 Å². The first-order chi connectivity index (χ1) is 10.7. The van der Waals surface area contributed by atoms with Crippen LogP contribution in [0.3, 0.4) is 0 Å². The molecule has 0 saturated heterocycles. The van der Waals surface area contributed by atoms with Crippen LogP contribution >= 0.6 is 11.3 Å². The summed E-state index contributed by atoms with van der Waals surface area (Å²) in [5, 5.41) is 7.39. The van der Waals surface area contributed by atoms with Gasteiger partial charge in [-0.05, 0) is 31.9 Å². The van der Waals surface area contributed by atoms with Crippen LogP contribution in [0.4, 0.5) is 4.39 Å². The van der Waals surface area contributed by atoms with Crippen LogP contribution < -0.4 is 10.6 Å². The summed E-state index contributed by atoms with van der Waals surface area (Å²) < 4.78 is 13.6. The molecule has 0 bridgehead atoms. The summed E-state index contributed by atoms with van der Waals surface area (Å²) in [6.45, 7) is 6.00. The summed E-state index contributed by atoms with van der Waals surface area (Å²) in [5.41, 5.74) is 0.710. The van der Waals surface area contributed by atoms with Crippen molar-refractivity contribution in [3.63, 3.8) is 0 Å². The van der Waals surface area contributed by atoms with Gasteiger partial charge in [0.25, 0.3) is 0 Å². The first-order valence-electron chi connectivity index (χ1n) is 7.36. The largest absolute Gasteiger partial charge is 0.357 e. The monoisotopic (exact) mass is 320 g/mol. The molecular formula is C16H21FN4S. The maximum Gasteiger partial charge on any atom is 0.191 e. The lowest BCUT2D eigenvalue weighted by atomic mass is 10.1. The van der Waals surface area contributed by atoms with Crippen LogP contribution in [-0.4, -0.2) is 24.0 Å². The summed E-state index contributed by atoms with van der Waals surface area (Å²) in [6.07, 6.45) is 2.47. The van der Waals surface area contributed by atoms with Crippen LogP contribution in [0, 0.1) is 12.7 Å². The van der Waals surface area contributed by atoms with E-state index in [1.165, 1.54) is 10.9 Å². The van der Waals surface area contributed by atoms with Gasteiger partial charge in [0, 0.05) is 24.2 Å². The maximum absolute atomic E-state index is 13.6. The Kier molecular flexibility index (Phi) is 6.33. The molecule has 118 valence electrons. The lowest BCUT2D eigenvalue weighted by Gasteiger charge is -2.11. The number of hydrogen-bond donors (Lipinski definition) is 2. The van der Waals surface area contributed by atoms with E-state index in [0.29, 0.717) is 25.1 Å². The van der Waals surface area contributed by atoms with Crippen molar-refractivity contribution in [2.24, 2.45) is 4.99 Å². The third kappa shape index (κ3) is 5.11. The Labute approximate surface area is 134 Å². The highest BCUT2D eigenvalue weighted by Gasteiger charge is 2.03. The minimum absolute atomic E-state index is 0.162. The van der Waals surface area contributed by atoms with Crippen LogP contribution in [0.2, 0.25) is 0 Å². The van der Waals surface area contributed by atoms with Gasteiger partial charge in [-0.3, -0.25) is 0 Å². The van der Waals surface area contributed by atoms with E-state index in [1.807, 2.05) is 26.1 Å². The van der Waals surface area contributed by atoms with Gasteiger partial charge in [-0.15, -0.1) is 11.3 Å². The van der Waals surface area contributed by atoms with Gasteiger partial charge in [0.15, 0.2) is 5.96 Å². The second kappa shape index (κ2) is 8.48. The van der Waals surface area contributed by atoms with E-state index in [2.05, 4.69) is 20.6 Å². The van der Waals surface area contributed by atoms with Crippen LogP contribution in [0.1, 0.15) is 22.4 Å². The number of nitrogens with one attached hydrogen (secondary N) is 2. The van der Waals surface area contributed by atoms with Crippen molar-refractivity contribution in [1.82, 2.24) is 15.6 Å². The van der Waals surface area contributed by atoms with Crippen LogP contribution in [0.5, 0.6) is 0 Å². The van der Waals surface area contributed by atoms with Gasteiger partial charge in [0.2, 0.25) is 0 Å². The van der Waals surface area contributed by atoms with Gasteiger partial charge in [-0.2, -0.15) is 0 Å². The second-order valence-electron chi connectivity index (χ2n) is 4.83. The van der Waals surface area contributed by atoms with Crippen molar-refractivity contribution < 1.29 is 4.39 Å². The second-order valence-corrected chi connectivity index (χ2v) is 6.15. The molecule has 0 saturated carbocycles. The average Bonchev–Trinajstić information content (AvgIpc) is 2.92. The number of aliphatic imine (C=N–C) groups is 1. The highest BCUT2D eigenvalue weighted by atomic mass is 32.1. The number of halogens is 1. The van der Waals surface area contributed by atoms with Gasteiger partial charge in [0.05, 0.1) is 6.54 Å². The zero-order valence-electron chi connectivity index (χ0n) is 12.9. The molecule has 0 aliphatic carbocycles. The Morgan fingerprint density at radius 3 is 2.82 bits per heavy atom. The number of guanidine groups is 1. The lowest BCUT2D eigenvalue weighted by molar-refractivity contribution is 0.606. The zero-order valence-corrected chi connectivity index (χ0v) is 13.7. The maximum atomic E-state index is 13.6. The summed E-state index contributed by atoms with van der Waals surface area (Å²) in [5.74, 6) is 0.566. The Morgan fingerprint density at radius 2 is 2.14 bits per heavy atom. The van der Waals surface area contributed by atoms with Gasteiger partial charge in [-0.1, -0.05) is 18.2 Å². The molecule has 1 aromatic carbocycles. The van der Waals surface area contributed by atoms with E-state index in [1.54, 1.807) is 23.5 Å². The fraction of sp³-hybridized carbons (Fsp3) is 0.375. The molecule has 2 aromatic rings. The van der Waals surface area contributed by atoms with E-state index in [-0.39, 0.29) is 5.82 Å². The van der Waals surface area contributed by atoms with Crippen LogP contribution in [0.15, 0.2) is 35.5 Å². The number of nitrogens with zero attached hydrogens (tertiary/aromatic N) is 2. The molecule has 6 heteroatoms. The molecule has 0 radical (unpaired) electrons. The number of thiazole rings is 1. The number of rotatable bonds is 6. The molecule has 1 aromatic heterocycles. The molecule has 1 heterocycles. The lowest BCUT2D eigenvalue weighted by Crippen LogP contribution is -2.38. The molecule has 0 fully saturated rings. The molecule has 0 amide bonds. The number of hydrogen-bond acceptors (Lipinski definition) is 3. The molecule has 4 nitrogen and oxygen atoms in total. The van der Waals surface area contributed by atoms with E-state index >= 15 is 0 Å². The minimum Gasteiger partial charge on any atom is -0.357 e. The molecule has 22 heavy (non-hydrogen) atoms. The standard InChI is InChI=1S/C16H21FN4S/c1-3-18-16(21-11-15-20-10-12(2)22-15)19-9-8-13-6-4-5-7-14(13)17/h4-7,10H,3,8-9,11H2,1-2H3,(H2,18,19,21). The Hall–Kier alpha value is -1.95. The first kappa shape index (κ1) is 16.4.